The van der Waals surface area contributed by atoms with Crippen molar-refractivity contribution in [3.05, 3.63) is 54.3 Å². The molecule has 174 valence electrons. The number of hydrogen-bond donors (Lipinski definition) is 0. The van der Waals surface area contributed by atoms with Gasteiger partial charge >= 0.3 is 0 Å². The fraction of sp³-hybridized carbons (Fsp3) is 0.500. The molecule has 0 saturated carbocycles. The van der Waals surface area contributed by atoms with Crippen LogP contribution in [0.15, 0.2) is 53.4 Å². The van der Waals surface area contributed by atoms with E-state index >= 15 is 0 Å². The minimum Gasteiger partial charge on any atom is -0.495 e. The summed E-state index contributed by atoms with van der Waals surface area (Å²) in [6.07, 6.45) is 3.59. The summed E-state index contributed by atoms with van der Waals surface area (Å²) >= 11 is 0. The van der Waals surface area contributed by atoms with Crippen LogP contribution in [0.25, 0.3) is 0 Å². The lowest BCUT2D eigenvalue weighted by molar-refractivity contribution is 0.242. The van der Waals surface area contributed by atoms with E-state index in [0.717, 1.165) is 69.8 Å². The highest BCUT2D eigenvalue weighted by Gasteiger charge is 2.35. The Labute approximate surface area is 190 Å². The van der Waals surface area contributed by atoms with E-state index < -0.39 is 15.8 Å². The second kappa shape index (κ2) is 10.2. The number of anilines is 1. The highest BCUT2D eigenvalue weighted by atomic mass is 32.2. The van der Waals surface area contributed by atoms with Crippen LogP contribution in [0.3, 0.4) is 0 Å². The van der Waals surface area contributed by atoms with Gasteiger partial charge in [-0.2, -0.15) is 4.31 Å². The molecule has 1 atom stereocenters. The first-order chi connectivity index (χ1) is 15.5. The zero-order valence-electron chi connectivity index (χ0n) is 18.6. The molecule has 0 spiro atoms. The number of benzene rings is 2. The average Bonchev–Trinajstić information content (AvgIpc) is 3.29. The van der Waals surface area contributed by atoms with Crippen LogP contribution in [0.2, 0.25) is 0 Å². The SMILES string of the molecule is COc1ccccc1N1CCN(CCC[C@H]2CCCN2S(=O)(=O)c2ccc(F)cc2)CC1. The summed E-state index contributed by atoms with van der Waals surface area (Å²) in [5, 5.41) is 0. The summed E-state index contributed by atoms with van der Waals surface area (Å²) in [5.74, 6) is 0.484. The summed E-state index contributed by atoms with van der Waals surface area (Å²) in [4.78, 5) is 5.00. The molecule has 0 bridgehead atoms. The maximum atomic E-state index is 13.2. The molecule has 2 fully saturated rings. The van der Waals surface area contributed by atoms with Gasteiger partial charge in [-0.15, -0.1) is 0 Å². The molecule has 0 N–H and O–H groups in total. The Morgan fingerprint density at radius 2 is 1.72 bits per heavy atom. The molecule has 2 saturated heterocycles. The fourth-order valence-corrected chi connectivity index (χ4v) is 6.53. The Morgan fingerprint density at radius 1 is 1.00 bits per heavy atom. The lowest BCUT2D eigenvalue weighted by Crippen LogP contribution is -2.47. The number of methoxy groups -OCH3 is 1. The maximum Gasteiger partial charge on any atom is 0.243 e. The Kier molecular flexibility index (Phi) is 7.33. The van der Waals surface area contributed by atoms with E-state index in [9.17, 15) is 12.8 Å². The lowest BCUT2D eigenvalue weighted by atomic mass is 10.1. The molecule has 0 radical (unpaired) electrons. The molecule has 2 aliphatic rings. The van der Waals surface area contributed by atoms with Crippen LogP contribution < -0.4 is 9.64 Å². The zero-order valence-corrected chi connectivity index (χ0v) is 19.4. The van der Waals surface area contributed by atoms with Crippen molar-refractivity contribution in [2.24, 2.45) is 0 Å². The molecule has 6 nitrogen and oxygen atoms in total. The number of sulfonamides is 1. The van der Waals surface area contributed by atoms with Gasteiger partial charge in [0.25, 0.3) is 0 Å². The molecule has 4 rings (SSSR count). The van der Waals surface area contributed by atoms with Crippen LogP contribution in [-0.2, 0) is 10.0 Å². The summed E-state index contributed by atoms with van der Waals surface area (Å²) in [5.41, 5.74) is 1.14. The number of piperazine rings is 1. The van der Waals surface area contributed by atoms with Crippen molar-refractivity contribution in [2.75, 3.05) is 51.3 Å². The van der Waals surface area contributed by atoms with Crippen LogP contribution in [0, 0.1) is 5.82 Å². The van der Waals surface area contributed by atoms with Gasteiger partial charge in [-0.05, 0) is 68.6 Å². The molecule has 0 amide bonds. The molecule has 2 aromatic carbocycles. The van der Waals surface area contributed by atoms with E-state index in [4.69, 9.17) is 4.74 Å². The topological polar surface area (TPSA) is 53.1 Å². The summed E-state index contributed by atoms with van der Waals surface area (Å²) < 4.78 is 46.4. The van der Waals surface area contributed by atoms with Crippen molar-refractivity contribution >= 4 is 15.7 Å². The van der Waals surface area contributed by atoms with Gasteiger partial charge in [0.2, 0.25) is 10.0 Å². The molecule has 32 heavy (non-hydrogen) atoms. The van der Waals surface area contributed by atoms with Crippen LogP contribution >= 0.6 is 0 Å². The Bertz CT molecular complexity index is 992. The highest BCUT2D eigenvalue weighted by Crippen LogP contribution is 2.30. The van der Waals surface area contributed by atoms with Gasteiger partial charge < -0.3 is 9.64 Å². The van der Waals surface area contributed by atoms with Gasteiger partial charge in [-0.1, -0.05) is 12.1 Å². The molecule has 8 heteroatoms. The standard InChI is InChI=1S/C24H32FN3O3S/c1-31-24-9-3-2-8-23(24)27-18-16-26(17-19-27)14-4-6-21-7-5-15-28(21)32(29,30)22-12-10-20(25)11-13-22/h2-3,8-13,21H,4-7,14-19H2,1H3/t21-/m0/s1. The van der Waals surface area contributed by atoms with E-state index in [2.05, 4.69) is 15.9 Å². The third-order valence-corrected chi connectivity index (χ3v) is 8.52. The predicted molar refractivity (Wildman–Crippen MR) is 124 cm³/mol. The Balaban J connectivity index is 1.27. The maximum absolute atomic E-state index is 13.2. The third kappa shape index (κ3) is 5.08. The minimum atomic E-state index is -3.57. The molecule has 0 aromatic heterocycles. The van der Waals surface area contributed by atoms with Gasteiger partial charge in [-0.3, -0.25) is 4.90 Å². The largest absolute Gasteiger partial charge is 0.495 e. The number of ether oxygens (including phenoxy) is 1. The lowest BCUT2D eigenvalue weighted by Gasteiger charge is -2.36. The van der Waals surface area contributed by atoms with Crippen molar-refractivity contribution in [1.82, 2.24) is 9.21 Å². The van der Waals surface area contributed by atoms with E-state index in [1.54, 1.807) is 11.4 Å². The highest BCUT2D eigenvalue weighted by molar-refractivity contribution is 7.89. The van der Waals surface area contributed by atoms with Crippen LogP contribution in [-0.4, -0.2) is 70.0 Å². The Hall–Kier alpha value is -2.16. The average molecular weight is 462 g/mol. The van der Waals surface area contributed by atoms with Crippen LogP contribution in [0.5, 0.6) is 5.75 Å². The number of para-hydroxylation sites is 2. The van der Waals surface area contributed by atoms with Gasteiger partial charge in [0.05, 0.1) is 17.7 Å². The summed E-state index contributed by atoms with van der Waals surface area (Å²) in [6, 6.07) is 13.3. The first-order valence-corrected chi connectivity index (χ1v) is 12.8. The van der Waals surface area contributed by atoms with Crippen LogP contribution in [0.1, 0.15) is 25.7 Å². The molecule has 2 aromatic rings. The van der Waals surface area contributed by atoms with Crippen LogP contribution in [0.4, 0.5) is 10.1 Å². The van der Waals surface area contributed by atoms with E-state index in [1.165, 1.54) is 24.3 Å². The summed E-state index contributed by atoms with van der Waals surface area (Å²) in [6.45, 7) is 5.40. The third-order valence-electron chi connectivity index (χ3n) is 6.55. The smallest absolute Gasteiger partial charge is 0.243 e. The normalized spacial score (nSPS) is 20.6. The van der Waals surface area contributed by atoms with Crippen molar-refractivity contribution in [1.29, 1.82) is 0 Å². The molecule has 2 heterocycles. The van der Waals surface area contributed by atoms with Crippen molar-refractivity contribution in [2.45, 2.75) is 36.6 Å². The first-order valence-electron chi connectivity index (χ1n) is 11.4. The minimum absolute atomic E-state index is 0.0277. The second-order valence-electron chi connectivity index (χ2n) is 8.51. The molecule has 2 aliphatic heterocycles. The fourth-order valence-electron chi connectivity index (χ4n) is 4.81. The van der Waals surface area contributed by atoms with Crippen molar-refractivity contribution < 1.29 is 17.5 Å². The number of rotatable bonds is 8. The predicted octanol–water partition coefficient (Wildman–Crippen LogP) is 3.59. The molecule has 0 unspecified atom stereocenters. The van der Waals surface area contributed by atoms with Crippen molar-refractivity contribution in [3.8, 4) is 5.75 Å². The van der Waals surface area contributed by atoms with Gasteiger partial charge in [0, 0.05) is 38.8 Å². The van der Waals surface area contributed by atoms with E-state index in [0.29, 0.717) is 6.54 Å². The Morgan fingerprint density at radius 3 is 2.44 bits per heavy atom. The van der Waals surface area contributed by atoms with Crippen molar-refractivity contribution in [3.63, 3.8) is 0 Å². The van der Waals surface area contributed by atoms with Gasteiger partial charge in [-0.25, -0.2) is 12.8 Å². The second-order valence-corrected chi connectivity index (χ2v) is 10.4. The quantitative estimate of drug-likeness (QED) is 0.601. The number of nitrogens with zero attached hydrogens (tertiary/aromatic N) is 3. The van der Waals surface area contributed by atoms with Gasteiger partial charge in [0.1, 0.15) is 11.6 Å². The molecular weight excluding hydrogens is 429 g/mol. The van der Waals surface area contributed by atoms with E-state index in [1.807, 2.05) is 18.2 Å². The van der Waals surface area contributed by atoms with E-state index in [-0.39, 0.29) is 10.9 Å². The summed E-state index contributed by atoms with van der Waals surface area (Å²) in [7, 11) is -1.86. The zero-order chi connectivity index (χ0) is 22.6. The first kappa shape index (κ1) is 23.0. The molecular formula is C24H32FN3O3S. The van der Waals surface area contributed by atoms with Gasteiger partial charge in [0.15, 0.2) is 0 Å². The number of hydrogen-bond acceptors (Lipinski definition) is 5. The monoisotopic (exact) mass is 461 g/mol. The molecule has 0 aliphatic carbocycles. The number of halogens is 1.